The van der Waals surface area contributed by atoms with Crippen molar-refractivity contribution in [1.82, 2.24) is 0 Å². The Hall–Kier alpha value is -3.42. The Morgan fingerprint density at radius 2 is 0.814 bits per heavy atom. The van der Waals surface area contributed by atoms with Gasteiger partial charge in [-0.3, -0.25) is 0 Å². The van der Waals surface area contributed by atoms with Gasteiger partial charge in [-0.05, 0) is 90.7 Å². The fourth-order valence-electron chi connectivity index (χ4n) is 7.46. The van der Waals surface area contributed by atoms with Crippen LogP contribution in [0.2, 0.25) is 13.1 Å². The number of allylic oxidation sites excluding steroid dienone is 2. The van der Waals surface area contributed by atoms with Crippen molar-refractivity contribution >= 4 is 18.5 Å². The minimum Gasteiger partial charge on any atom is -0.0646 e. The molecular weight excluding hydrogens is 533 g/mol. The van der Waals surface area contributed by atoms with Crippen molar-refractivity contribution < 1.29 is 0 Å². The van der Waals surface area contributed by atoms with Crippen LogP contribution in [-0.4, -0.2) is 8.07 Å². The van der Waals surface area contributed by atoms with Gasteiger partial charge >= 0.3 is 0 Å². The molecule has 43 heavy (non-hydrogen) atoms. The quantitative estimate of drug-likeness (QED) is 0.211. The average molecular weight is 579 g/mol. The van der Waals surface area contributed by atoms with E-state index < -0.39 is 8.07 Å². The van der Waals surface area contributed by atoms with Gasteiger partial charge in [0.25, 0.3) is 0 Å². The van der Waals surface area contributed by atoms with E-state index in [1.165, 1.54) is 66.8 Å². The van der Waals surface area contributed by atoms with Gasteiger partial charge < -0.3 is 0 Å². The van der Waals surface area contributed by atoms with Gasteiger partial charge in [0.15, 0.2) is 0 Å². The van der Waals surface area contributed by atoms with Crippen molar-refractivity contribution in [2.45, 2.75) is 79.3 Å². The zero-order valence-corrected chi connectivity index (χ0v) is 28.7. The molecule has 218 valence electrons. The van der Waals surface area contributed by atoms with Gasteiger partial charge in [0.1, 0.15) is 8.07 Å². The average Bonchev–Trinajstić information content (AvgIpc) is 3.48. The molecule has 2 aliphatic carbocycles. The molecule has 0 fully saturated rings. The Kier molecular flexibility index (Phi) is 7.13. The van der Waals surface area contributed by atoms with E-state index in [0.29, 0.717) is 0 Å². The molecule has 1 heteroatoms. The van der Waals surface area contributed by atoms with E-state index in [4.69, 9.17) is 0 Å². The third-order valence-corrected chi connectivity index (χ3v) is 13.4. The largest absolute Gasteiger partial charge is 0.113 e. The molecule has 0 nitrogen and oxygen atoms in total. The Balaban J connectivity index is 1.48. The first-order valence-corrected chi connectivity index (χ1v) is 18.8. The summed E-state index contributed by atoms with van der Waals surface area (Å²) in [6.07, 6.45) is 4.86. The molecule has 0 atom stereocenters. The standard InChI is InChI=1S/C42H46Si/c1-27-25-31-13-11-15-35(29-17-21-33(22-18-29)41(3,4)5)37(31)39(27)43(9,10)40-28(2)26-32-14-12-16-36(38(32)40)30-19-23-34(24-20-30)42(6,7)8/h11-26H,1-10H3. The highest BCUT2D eigenvalue weighted by Gasteiger charge is 2.42. The van der Waals surface area contributed by atoms with Crippen LogP contribution in [0.3, 0.4) is 0 Å². The van der Waals surface area contributed by atoms with Crippen molar-refractivity contribution in [2.75, 3.05) is 0 Å². The normalized spacial score (nSPS) is 15.3. The molecule has 4 aromatic carbocycles. The molecule has 0 unspecified atom stereocenters. The SMILES string of the molecule is CC1=C([Si](C)(C)C2=C(C)[CH]c3cccc(-c4ccc(C(C)(C)C)cc4)c32)c2c(cccc2-c2ccc(C(C)(C)C)cc2)[CH]1. The van der Waals surface area contributed by atoms with E-state index in [0.717, 1.165) is 0 Å². The van der Waals surface area contributed by atoms with Crippen LogP contribution in [0.5, 0.6) is 0 Å². The smallest absolute Gasteiger partial charge is 0.0646 e. The lowest BCUT2D eigenvalue weighted by Gasteiger charge is -2.32. The van der Waals surface area contributed by atoms with Gasteiger partial charge in [-0.1, -0.05) is 151 Å². The molecule has 0 saturated carbocycles. The van der Waals surface area contributed by atoms with Crippen LogP contribution in [0.15, 0.2) is 96.1 Å². The van der Waals surface area contributed by atoms with Gasteiger partial charge in [0, 0.05) is 12.8 Å². The number of fused-ring (bicyclic) bond motifs is 2. The molecule has 0 amide bonds. The minimum absolute atomic E-state index is 0.142. The summed E-state index contributed by atoms with van der Waals surface area (Å²) >= 11 is 0. The molecule has 0 aliphatic heterocycles. The molecule has 0 N–H and O–H groups in total. The van der Waals surface area contributed by atoms with Crippen LogP contribution in [0.4, 0.5) is 0 Å². The minimum atomic E-state index is -2.18. The van der Waals surface area contributed by atoms with E-state index in [1.54, 1.807) is 10.4 Å². The molecule has 4 aromatic rings. The zero-order chi connectivity index (χ0) is 30.9. The van der Waals surface area contributed by atoms with Crippen molar-refractivity contribution in [3.8, 4) is 22.3 Å². The monoisotopic (exact) mass is 578 g/mol. The third kappa shape index (κ3) is 5.10. The maximum atomic E-state index is 2.58. The summed E-state index contributed by atoms with van der Waals surface area (Å²) in [6, 6.07) is 32.3. The third-order valence-electron chi connectivity index (χ3n) is 9.60. The first kappa shape index (κ1) is 29.6. The molecule has 0 bridgehead atoms. The first-order chi connectivity index (χ1) is 20.2. The highest BCUT2D eigenvalue weighted by molar-refractivity contribution is 7.09. The highest BCUT2D eigenvalue weighted by atomic mass is 28.3. The van der Waals surface area contributed by atoms with E-state index in [2.05, 4.69) is 166 Å². The maximum absolute atomic E-state index is 2.58. The molecule has 6 rings (SSSR count). The molecule has 0 heterocycles. The molecule has 0 saturated heterocycles. The number of hydrogen-bond acceptors (Lipinski definition) is 0. The lowest BCUT2D eigenvalue weighted by atomic mass is 9.86. The Labute approximate surface area is 261 Å². The summed E-state index contributed by atoms with van der Waals surface area (Å²) in [5.74, 6) is 0. The van der Waals surface area contributed by atoms with Crippen LogP contribution >= 0.6 is 0 Å². The number of benzene rings is 4. The van der Waals surface area contributed by atoms with Crippen LogP contribution in [-0.2, 0) is 10.8 Å². The fraction of sp³-hybridized carbons (Fsp3) is 0.286. The Bertz CT molecular complexity index is 1640. The fourth-order valence-corrected chi connectivity index (χ4v) is 11.6. The zero-order valence-electron chi connectivity index (χ0n) is 27.7. The van der Waals surface area contributed by atoms with Crippen molar-refractivity contribution in [3.63, 3.8) is 0 Å². The summed E-state index contributed by atoms with van der Waals surface area (Å²) in [6.45, 7) is 23.6. The van der Waals surface area contributed by atoms with Gasteiger partial charge in [-0.2, -0.15) is 0 Å². The summed E-state index contributed by atoms with van der Waals surface area (Å²) in [5.41, 5.74) is 16.8. The summed E-state index contributed by atoms with van der Waals surface area (Å²) < 4.78 is 0. The van der Waals surface area contributed by atoms with Crippen LogP contribution in [0, 0.1) is 12.8 Å². The van der Waals surface area contributed by atoms with Gasteiger partial charge in [-0.25, -0.2) is 0 Å². The summed E-state index contributed by atoms with van der Waals surface area (Å²) in [7, 11) is -2.18. The Morgan fingerprint density at radius 3 is 1.14 bits per heavy atom. The van der Waals surface area contributed by atoms with E-state index in [9.17, 15) is 0 Å². The molecular formula is C42H46Si. The van der Waals surface area contributed by atoms with Crippen LogP contribution in [0.1, 0.15) is 88.8 Å². The van der Waals surface area contributed by atoms with Crippen LogP contribution < -0.4 is 0 Å². The molecule has 0 aromatic heterocycles. The second-order valence-electron chi connectivity index (χ2n) is 15.2. The first-order valence-electron chi connectivity index (χ1n) is 15.8. The lowest BCUT2D eigenvalue weighted by Crippen LogP contribution is -2.31. The lowest BCUT2D eigenvalue weighted by molar-refractivity contribution is 0.590. The summed E-state index contributed by atoms with van der Waals surface area (Å²) in [4.78, 5) is 0. The molecule has 2 radical (unpaired) electrons. The van der Waals surface area contributed by atoms with E-state index >= 15 is 0 Å². The van der Waals surface area contributed by atoms with Gasteiger partial charge in [0.2, 0.25) is 0 Å². The second-order valence-corrected chi connectivity index (χ2v) is 19.5. The van der Waals surface area contributed by atoms with Crippen molar-refractivity contribution in [2.24, 2.45) is 0 Å². The molecule has 2 aliphatic rings. The van der Waals surface area contributed by atoms with Crippen molar-refractivity contribution in [1.29, 1.82) is 0 Å². The van der Waals surface area contributed by atoms with Crippen molar-refractivity contribution in [3.05, 3.63) is 142 Å². The Morgan fingerprint density at radius 1 is 0.465 bits per heavy atom. The van der Waals surface area contributed by atoms with Crippen LogP contribution in [0.25, 0.3) is 32.6 Å². The maximum Gasteiger partial charge on any atom is 0.113 e. The highest BCUT2D eigenvalue weighted by Crippen LogP contribution is 2.53. The van der Waals surface area contributed by atoms with Gasteiger partial charge in [0.05, 0.1) is 0 Å². The summed E-state index contributed by atoms with van der Waals surface area (Å²) in [5, 5.41) is 3.15. The number of hydrogen-bond donors (Lipinski definition) is 0. The number of rotatable bonds is 4. The second kappa shape index (κ2) is 10.3. The topological polar surface area (TPSA) is 0 Å². The predicted molar refractivity (Wildman–Crippen MR) is 191 cm³/mol. The predicted octanol–water partition coefficient (Wildman–Crippen LogP) is 11.8. The van der Waals surface area contributed by atoms with E-state index in [1.807, 2.05) is 0 Å². The van der Waals surface area contributed by atoms with Gasteiger partial charge in [-0.15, -0.1) is 0 Å². The van der Waals surface area contributed by atoms with E-state index in [-0.39, 0.29) is 10.8 Å². The molecule has 0 spiro atoms.